The lowest BCUT2D eigenvalue weighted by atomic mass is 10.1. The average Bonchev–Trinajstić information content (AvgIpc) is 2.35. The molecule has 0 bridgehead atoms. The van der Waals surface area contributed by atoms with E-state index in [2.05, 4.69) is 11.4 Å². The molecule has 1 aliphatic heterocycles. The number of hydrogen-bond acceptors (Lipinski definition) is 2. The van der Waals surface area contributed by atoms with Gasteiger partial charge >= 0.3 is 6.03 Å². The molecule has 1 N–H and O–H groups in total. The van der Waals surface area contributed by atoms with Crippen LogP contribution < -0.4 is 5.32 Å². The van der Waals surface area contributed by atoms with Gasteiger partial charge in [0.2, 0.25) is 0 Å². The molecule has 0 aliphatic carbocycles. The van der Waals surface area contributed by atoms with Gasteiger partial charge in [0.05, 0.1) is 0 Å². The number of amides is 2. The quantitative estimate of drug-likeness (QED) is 0.831. The minimum absolute atomic E-state index is 0.0269. The van der Waals surface area contributed by atoms with E-state index < -0.39 is 0 Å². The molecule has 1 fully saturated rings. The fourth-order valence-corrected chi connectivity index (χ4v) is 2.73. The van der Waals surface area contributed by atoms with E-state index in [0.717, 1.165) is 35.8 Å². The third kappa shape index (κ3) is 3.16. The highest BCUT2D eigenvalue weighted by atomic mass is 32.2. The van der Waals surface area contributed by atoms with Crippen LogP contribution in [0.25, 0.3) is 0 Å². The minimum atomic E-state index is 0.0269. The van der Waals surface area contributed by atoms with Crippen molar-refractivity contribution >= 4 is 23.5 Å². The molecule has 17 heavy (non-hydrogen) atoms. The summed E-state index contributed by atoms with van der Waals surface area (Å²) in [7, 11) is 0. The summed E-state index contributed by atoms with van der Waals surface area (Å²) in [5.41, 5.74) is 3.20. The number of anilines is 1. The van der Waals surface area contributed by atoms with E-state index in [0.29, 0.717) is 0 Å². The third-order valence-electron chi connectivity index (χ3n) is 2.93. The highest BCUT2D eigenvalue weighted by Gasteiger charge is 2.16. The van der Waals surface area contributed by atoms with Gasteiger partial charge in [-0.15, -0.1) is 0 Å². The number of urea groups is 1. The van der Waals surface area contributed by atoms with Crippen LogP contribution in [0.15, 0.2) is 18.2 Å². The monoisotopic (exact) mass is 250 g/mol. The molecule has 0 saturated carbocycles. The van der Waals surface area contributed by atoms with Crippen molar-refractivity contribution in [3.63, 3.8) is 0 Å². The maximum Gasteiger partial charge on any atom is 0.321 e. The largest absolute Gasteiger partial charge is 0.323 e. The Kier molecular flexibility index (Phi) is 3.94. The second kappa shape index (κ2) is 5.45. The Bertz CT molecular complexity index is 414. The predicted octanol–water partition coefficient (Wildman–Crippen LogP) is 2.88. The van der Waals surface area contributed by atoms with E-state index in [-0.39, 0.29) is 6.03 Å². The summed E-state index contributed by atoms with van der Waals surface area (Å²) in [6.07, 6.45) is 0. The fourth-order valence-electron chi connectivity index (χ4n) is 1.83. The van der Waals surface area contributed by atoms with Crippen LogP contribution in [0.5, 0.6) is 0 Å². The van der Waals surface area contributed by atoms with Crippen molar-refractivity contribution in [1.82, 2.24) is 4.90 Å². The molecule has 0 atom stereocenters. The zero-order valence-corrected chi connectivity index (χ0v) is 11.1. The molecule has 4 heteroatoms. The minimum Gasteiger partial charge on any atom is -0.323 e. The van der Waals surface area contributed by atoms with Crippen LogP contribution >= 0.6 is 11.8 Å². The van der Waals surface area contributed by atoms with Gasteiger partial charge in [0.15, 0.2) is 0 Å². The lowest BCUT2D eigenvalue weighted by Crippen LogP contribution is -2.40. The first kappa shape index (κ1) is 12.3. The van der Waals surface area contributed by atoms with Crippen molar-refractivity contribution in [2.45, 2.75) is 13.8 Å². The molecule has 92 valence electrons. The normalized spacial score (nSPS) is 15.8. The Balaban J connectivity index is 2.04. The lowest BCUT2D eigenvalue weighted by Gasteiger charge is -2.26. The first-order valence-corrected chi connectivity index (χ1v) is 7.03. The van der Waals surface area contributed by atoms with Gasteiger partial charge in [-0.1, -0.05) is 12.1 Å². The number of thioether (sulfide) groups is 1. The van der Waals surface area contributed by atoms with Gasteiger partial charge in [0.1, 0.15) is 0 Å². The zero-order chi connectivity index (χ0) is 12.3. The zero-order valence-electron chi connectivity index (χ0n) is 10.3. The number of nitrogens with zero attached hydrogens (tertiary/aromatic N) is 1. The molecule has 1 saturated heterocycles. The molecule has 3 nitrogen and oxygen atoms in total. The summed E-state index contributed by atoms with van der Waals surface area (Å²) in [5, 5.41) is 3.00. The Hall–Kier alpha value is -1.16. The standard InChI is InChI=1S/C13H18N2OS/c1-10-3-4-11(2)12(9-10)14-13(16)15-5-7-17-8-6-15/h3-4,9H,5-8H2,1-2H3,(H,14,16). The van der Waals surface area contributed by atoms with Crippen molar-refractivity contribution in [2.24, 2.45) is 0 Å². The molecule has 1 aromatic rings. The summed E-state index contributed by atoms with van der Waals surface area (Å²) in [5.74, 6) is 2.08. The smallest absolute Gasteiger partial charge is 0.321 e. The van der Waals surface area contributed by atoms with Crippen LogP contribution in [0, 0.1) is 13.8 Å². The molecular formula is C13H18N2OS. The van der Waals surface area contributed by atoms with E-state index in [4.69, 9.17) is 0 Å². The van der Waals surface area contributed by atoms with E-state index in [9.17, 15) is 4.79 Å². The van der Waals surface area contributed by atoms with Crippen LogP contribution in [0.1, 0.15) is 11.1 Å². The molecule has 1 aliphatic rings. The van der Waals surface area contributed by atoms with Crippen LogP contribution in [-0.2, 0) is 0 Å². The number of benzene rings is 1. The van der Waals surface area contributed by atoms with Gasteiger partial charge in [-0.3, -0.25) is 0 Å². The molecule has 0 unspecified atom stereocenters. The number of hydrogen-bond donors (Lipinski definition) is 1. The van der Waals surface area contributed by atoms with E-state index in [1.54, 1.807) is 0 Å². The van der Waals surface area contributed by atoms with E-state index in [1.807, 2.05) is 42.6 Å². The average molecular weight is 250 g/mol. The van der Waals surface area contributed by atoms with Crippen LogP contribution in [-0.4, -0.2) is 35.5 Å². The summed E-state index contributed by atoms with van der Waals surface area (Å²) in [6.45, 7) is 5.75. The Morgan fingerprint density at radius 2 is 2.00 bits per heavy atom. The van der Waals surface area contributed by atoms with Gasteiger partial charge in [-0.05, 0) is 31.0 Å². The predicted molar refractivity (Wildman–Crippen MR) is 73.8 cm³/mol. The van der Waals surface area contributed by atoms with Crippen molar-refractivity contribution in [2.75, 3.05) is 29.9 Å². The first-order chi connectivity index (χ1) is 8.16. The molecule has 2 rings (SSSR count). The molecule has 0 aromatic heterocycles. The van der Waals surface area contributed by atoms with Crippen LogP contribution in [0.3, 0.4) is 0 Å². The summed E-state index contributed by atoms with van der Waals surface area (Å²) in [6, 6.07) is 6.14. The molecule has 1 aromatic carbocycles. The molecule has 0 radical (unpaired) electrons. The SMILES string of the molecule is Cc1ccc(C)c(NC(=O)N2CCSCC2)c1. The van der Waals surface area contributed by atoms with E-state index in [1.165, 1.54) is 5.56 Å². The van der Waals surface area contributed by atoms with Gasteiger partial charge in [-0.25, -0.2) is 4.79 Å². The van der Waals surface area contributed by atoms with Crippen LogP contribution in [0.4, 0.5) is 10.5 Å². The number of nitrogens with one attached hydrogen (secondary N) is 1. The molecule has 0 spiro atoms. The molecule has 2 amide bonds. The molecule has 1 heterocycles. The number of rotatable bonds is 1. The molecular weight excluding hydrogens is 232 g/mol. The number of aryl methyl sites for hydroxylation is 2. The summed E-state index contributed by atoms with van der Waals surface area (Å²) < 4.78 is 0. The Morgan fingerprint density at radius 3 is 2.71 bits per heavy atom. The Morgan fingerprint density at radius 1 is 1.29 bits per heavy atom. The van der Waals surface area contributed by atoms with Crippen LogP contribution in [0.2, 0.25) is 0 Å². The van der Waals surface area contributed by atoms with Crippen molar-refractivity contribution < 1.29 is 4.79 Å². The second-order valence-corrected chi connectivity index (χ2v) is 5.57. The van der Waals surface area contributed by atoms with Gasteiger partial charge < -0.3 is 10.2 Å². The fraction of sp³-hybridized carbons (Fsp3) is 0.462. The number of carbonyl (C=O) groups is 1. The van der Waals surface area contributed by atoms with Crippen molar-refractivity contribution in [1.29, 1.82) is 0 Å². The summed E-state index contributed by atoms with van der Waals surface area (Å²) in [4.78, 5) is 13.9. The van der Waals surface area contributed by atoms with Crippen molar-refractivity contribution in [3.8, 4) is 0 Å². The second-order valence-electron chi connectivity index (χ2n) is 4.35. The van der Waals surface area contributed by atoms with Gasteiger partial charge in [0, 0.05) is 30.3 Å². The van der Waals surface area contributed by atoms with E-state index >= 15 is 0 Å². The summed E-state index contributed by atoms with van der Waals surface area (Å²) >= 11 is 1.91. The van der Waals surface area contributed by atoms with Gasteiger partial charge in [-0.2, -0.15) is 11.8 Å². The highest BCUT2D eigenvalue weighted by Crippen LogP contribution is 2.18. The topological polar surface area (TPSA) is 32.3 Å². The van der Waals surface area contributed by atoms with Gasteiger partial charge in [0.25, 0.3) is 0 Å². The maximum atomic E-state index is 12.0. The lowest BCUT2D eigenvalue weighted by molar-refractivity contribution is 0.217. The van der Waals surface area contributed by atoms with Crippen molar-refractivity contribution in [3.05, 3.63) is 29.3 Å². The third-order valence-corrected chi connectivity index (χ3v) is 3.88. The number of carbonyl (C=O) groups excluding carboxylic acids is 1. The maximum absolute atomic E-state index is 12.0. The Labute approximate surface area is 107 Å². The highest BCUT2D eigenvalue weighted by molar-refractivity contribution is 7.99. The first-order valence-electron chi connectivity index (χ1n) is 5.88.